The number of nitrogens with one attached hydrogen (secondary N) is 1. The van der Waals surface area contributed by atoms with Crippen molar-refractivity contribution in [3.8, 4) is 0 Å². The molecule has 0 aliphatic rings. The van der Waals surface area contributed by atoms with Gasteiger partial charge in [0, 0.05) is 35.4 Å². The van der Waals surface area contributed by atoms with Gasteiger partial charge in [-0.1, -0.05) is 13.8 Å². The predicted molar refractivity (Wildman–Crippen MR) is 71.0 cm³/mol. The minimum Gasteiger partial charge on any atom is -0.480 e. The third-order valence-corrected chi connectivity index (χ3v) is 3.02. The van der Waals surface area contributed by atoms with Crippen molar-refractivity contribution in [2.24, 2.45) is 5.92 Å². The fraction of sp³-hybridized carbons (Fsp3) is 0.818. The fourth-order valence-electron chi connectivity index (χ4n) is 1.52. The summed E-state index contributed by atoms with van der Waals surface area (Å²) in [5, 5.41) is 11.4. The van der Waals surface area contributed by atoms with Gasteiger partial charge in [-0.15, -0.1) is 0 Å². The van der Waals surface area contributed by atoms with Gasteiger partial charge in [-0.25, -0.2) is 4.79 Å². The zero-order chi connectivity index (χ0) is 14.3. The molecule has 2 N–H and O–H groups in total. The summed E-state index contributed by atoms with van der Waals surface area (Å²) in [6.07, 6.45) is 1.56. The second-order valence-corrected chi connectivity index (χ2v) is 6.24. The number of hydrogen-bond donors (Lipinski definition) is 2. The number of carboxylic acids is 1. The molecule has 7 heteroatoms. The summed E-state index contributed by atoms with van der Waals surface area (Å²) in [5.74, 6) is -0.503. The minimum atomic E-state index is -1.04. The van der Waals surface area contributed by atoms with Crippen molar-refractivity contribution in [3.63, 3.8) is 0 Å². The normalized spacial score (nSPS) is 14.1. The first-order valence-corrected chi connectivity index (χ1v) is 7.52. The van der Waals surface area contributed by atoms with Crippen LogP contribution in [0.4, 0.5) is 4.79 Å². The molecular formula is C11H22N2O4S. The summed E-state index contributed by atoms with van der Waals surface area (Å²) in [5.41, 5.74) is 0. The van der Waals surface area contributed by atoms with Gasteiger partial charge in [-0.2, -0.15) is 0 Å². The summed E-state index contributed by atoms with van der Waals surface area (Å²) < 4.78 is 11.0. The Hall–Kier alpha value is -1.11. The Kier molecular flexibility index (Phi) is 7.58. The first-order valence-electron chi connectivity index (χ1n) is 5.79. The molecular weight excluding hydrogens is 256 g/mol. The van der Waals surface area contributed by atoms with Crippen molar-refractivity contribution < 1.29 is 18.9 Å². The monoisotopic (exact) mass is 278 g/mol. The average Bonchev–Trinajstić information content (AvgIpc) is 2.13. The highest BCUT2D eigenvalue weighted by Gasteiger charge is 2.19. The van der Waals surface area contributed by atoms with E-state index in [1.54, 1.807) is 13.2 Å². The standard InChI is InChI=1S/C11H22N2O4S/c1-8(2)5-13(6-10(14)15)11(16)12-9(3)7-18(4)17/h8-9H,5-7H2,1-4H3,(H,12,16)(H,14,15). The number of nitrogens with zero attached hydrogens (tertiary/aromatic N) is 1. The fourth-order valence-corrected chi connectivity index (χ4v) is 2.31. The first kappa shape index (κ1) is 16.9. The van der Waals surface area contributed by atoms with Crippen molar-refractivity contribution in [2.75, 3.05) is 25.1 Å². The highest BCUT2D eigenvalue weighted by Crippen LogP contribution is 2.00. The highest BCUT2D eigenvalue weighted by molar-refractivity contribution is 7.84. The van der Waals surface area contributed by atoms with Gasteiger partial charge in [-0.3, -0.25) is 9.00 Å². The lowest BCUT2D eigenvalue weighted by Crippen LogP contribution is -2.48. The SMILES string of the molecule is CC(C)CN(CC(=O)O)C(=O)NC(C)CS(C)=O. The second-order valence-electron chi connectivity index (χ2n) is 4.76. The summed E-state index contributed by atoms with van der Waals surface area (Å²) in [6.45, 7) is 5.61. The van der Waals surface area contributed by atoms with E-state index in [-0.39, 0.29) is 18.5 Å². The smallest absolute Gasteiger partial charge is 0.323 e. The first-order chi connectivity index (χ1) is 8.22. The van der Waals surface area contributed by atoms with Crippen LogP contribution < -0.4 is 5.32 Å². The largest absolute Gasteiger partial charge is 0.480 e. The van der Waals surface area contributed by atoms with Gasteiger partial charge in [-0.05, 0) is 12.8 Å². The van der Waals surface area contributed by atoms with Crippen LogP contribution in [0.1, 0.15) is 20.8 Å². The van der Waals surface area contributed by atoms with Crippen LogP contribution in [0.25, 0.3) is 0 Å². The molecule has 2 atom stereocenters. The van der Waals surface area contributed by atoms with Crippen LogP contribution in [0.5, 0.6) is 0 Å². The zero-order valence-corrected chi connectivity index (χ0v) is 12.1. The van der Waals surface area contributed by atoms with Gasteiger partial charge < -0.3 is 15.3 Å². The molecule has 0 aromatic rings. The van der Waals surface area contributed by atoms with E-state index in [2.05, 4.69) is 5.32 Å². The number of rotatable bonds is 7. The molecule has 0 spiro atoms. The molecule has 2 amide bonds. The maximum absolute atomic E-state index is 11.9. The third kappa shape index (κ3) is 8.05. The van der Waals surface area contributed by atoms with E-state index in [9.17, 15) is 13.8 Å². The minimum absolute atomic E-state index is 0.186. The molecule has 0 aromatic carbocycles. The lowest BCUT2D eigenvalue weighted by molar-refractivity contribution is -0.137. The molecule has 18 heavy (non-hydrogen) atoms. The number of hydrogen-bond acceptors (Lipinski definition) is 3. The number of urea groups is 1. The lowest BCUT2D eigenvalue weighted by atomic mass is 10.2. The molecule has 6 nitrogen and oxygen atoms in total. The van der Waals surface area contributed by atoms with Crippen molar-refractivity contribution >= 4 is 22.8 Å². The van der Waals surface area contributed by atoms with Gasteiger partial charge in [0.25, 0.3) is 0 Å². The lowest BCUT2D eigenvalue weighted by Gasteiger charge is -2.25. The topological polar surface area (TPSA) is 86.7 Å². The Balaban J connectivity index is 4.45. The number of carbonyl (C=O) groups excluding carboxylic acids is 1. The van der Waals surface area contributed by atoms with Crippen molar-refractivity contribution in [2.45, 2.75) is 26.8 Å². The van der Waals surface area contributed by atoms with Crippen LogP contribution in [0.3, 0.4) is 0 Å². The van der Waals surface area contributed by atoms with Crippen LogP contribution in [-0.2, 0) is 15.6 Å². The van der Waals surface area contributed by atoms with Gasteiger partial charge in [0.05, 0.1) is 0 Å². The molecule has 0 bridgehead atoms. The third-order valence-electron chi connectivity index (χ3n) is 2.05. The summed E-state index contributed by atoms with van der Waals surface area (Å²) in [7, 11) is -0.996. The zero-order valence-electron chi connectivity index (χ0n) is 11.3. The van der Waals surface area contributed by atoms with E-state index in [1.807, 2.05) is 13.8 Å². The number of carbonyl (C=O) groups is 2. The van der Waals surface area contributed by atoms with Crippen LogP contribution in [0.2, 0.25) is 0 Å². The molecule has 0 rings (SSSR count). The maximum atomic E-state index is 11.9. The van der Waals surface area contributed by atoms with E-state index in [0.717, 1.165) is 0 Å². The highest BCUT2D eigenvalue weighted by atomic mass is 32.2. The Labute approximate surface area is 110 Å². The molecule has 0 fully saturated rings. The number of carboxylic acid groups (broad SMARTS) is 1. The number of amides is 2. The molecule has 0 radical (unpaired) electrons. The van der Waals surface area contributed by atoms with E-state index in [0.29, 0.717) is 12.3 Å². The molecule has 2 unspecified atom stereocenters. The van der Waals surface area contributed by atoms with E-state index in [1.165, 1.54) is 4.90 Å². The van der Waals surface area contributed by atoms with Crippen LogP contribution >= 0.6 is 0 Å². The van der Waals surface area contributed by atoms with E-state index >= 15 is 0 Å². The van der Waals surface area contributed by atoms with Crippen LogP contribution in [0, 0.1) is 5.92 Å². The van der Waals surface area contributed by atoms with Crippen molar-refractivity contribution in [3.05, 3.63) is 0 Å². The van der Waals surface area contributed by atoms with Crippen molar-refractivity contribution in [1.82, 2.24) is 10.2 Å². The molecule has 0 aliphatic heterocycles. The molecule has 106 valence electrons. The molecule has 0 aromatic heterocycles. The Morgan fingerprint density at radius 2 is 1.89 bits per heavy atom. The van der Waals surface area contributed by atoms with E-state index in [4.69, 9.17) is 5.11 Å². The Morgan fingerprint density at radius 1 is 1.33 bits per heavy atom. The maximum Gasteiger partial charge on any atom is 0.323 e. The van der Waals surface area contributed by atoms with Crippen LogP contribution in [0.15, 0.2) is 0 Å². The molecule has 0 aliphatic carbocycles. The average molecular weight is 278 g/mol. The van der Waals surface area contributed by atoms with Crippen LogP contribution in [-0.4, -0.2) is 57.4 Å². The number of aliphatic carboxylic acids is 1. The summed E-state index contributed by atoms with van der Waals surface area (Å²) in [6, 6.07) is -0.671. The predicted octanol–water partition coefficient (Wildman–Crippen LogP) is 0.506. The quantitative estimate of drug-likeness (QED) is 0.710. The Bertz CT molecular complexity index is 320. The molecule has 0 saturated heterocycles. The molecule has 0 saturated carbocycles. The molecule has 0 heterocycles. The Morgan fingerprint density at radius 3 is 2.28 bits per heavy atom. The van der Waals surface area contributed by atoms with Gasteiger partial charge in [0.1, 0.15) is 6.54 Å². The van der Waals surface area contributed by atoms with Gasteiger partial charge in [0.15, 0.2) is 0 Å². The van der Waals surface area contributed by atoms with E-state index < -0.39 is 22.8 Å². The summed E-state index contributed by atoms with van der Waals surface area (Å²) in [4.78, 5) is 23.8. The van der Waals surface area contributed by atoms with Crippen molar-refractivity contribution in [1.29, 1.82) is 0 Å². The van der Waals surface area contributed by atoms with Gasteiger partial charge >= 0.3 is 12.0 Å². The van der Waals surface area contributed by atoms with Gasteiger partial charge in [0.2, 0.25) is 0 Å². The second kappa shape index (κ2) is 8.07. The summed E-state index contributed by atoms with van der Waals surface area (Å²) >= 11 is 0.